The molecule has 1 rings (SSSR count). The first-order valence-electron chi connectivity index (χ1n) is 22.3. The summed E-state index contributed by atoms with van der Waals surface area (Å²) in [4.78, 5) is 12.9. The molecule has 9 heteroatoms. The van der Waals surface area contributed by atoms with E-state index >= 15 is 0 Å². The first-order valence-corrected chi connectivity index (χ1v) is 22.3. The lowest BCUT2D eigenvalue weighted by atomic mass is 9.99. The number of hydrogen-bond acceptors (Lipinski definition) is 8. The molecule has 1 aliphatic rings. The first-order chi connectivity index (χ1) is 27.8. The lowest BCUT2D eigenvalue weighted by Crippen LogP contribution is -2.60. The van der Waals surface area contributed by atoms with Crippen molar-refractivity contribution in [1.82, 2.24) is 5.32 Å². The first kappa shape index (κ1) is 52.4. The average Bonchev–Trinajstić information content (AvgIpc) is 3.21. The highest BCUT2D eigenvalue weighted by atomic mass is 16.7. The van der Waals surface area contributed by atoms with Crippen LogP contribution in [0.25, 0.3) is 0 Å². The molecule has 0 spiro atoms. The fourth-order valence-electron chi connectivity index (χ4n) is 6.39. The third-order valence-corrected chi connectivity index (χ3v) is 9.98. The number of ether oxygens (including phenoxy) is 2. The van der Waals surface area contributed by atoms with Gasteiger partial charge < -0.3 is 40.3 Å². The van der Waals surface area contributed by atoms with Gasteiger partial charge in [0.05, 0.1) is 25.4 Å². The van der Waals surface area contributed by atoms with Crippen LogP contribution in [0.1, 0.15) is 155 Å². The molecule has 57 heavy (non-hydrogen) atoms. The monoisotopic (exact) mass is 800 g/mol. The van der Waals surface area contributed by atoms with Gasteiger partial charge in [-0.15, -0.1) is 0 Å². The second-order valence-corrected chi connectivity index (χ2v) is 15.1. The van der Waals surface area contributed by atoms with Crippen LogP contribution >= 0.6 is 0 Å². The van der Waals surface area contributed by atoms with E-state index in [0.717, 1.165) is 103 Å². The highest BCUT2D eigenvalue weighted by Gasteiger charge is 2.44. The zero-order valence-corrected chi connectivity index (χ0v) is 35.6. The van der Waals surface area contributed by atoms with Gasteiger partial charge in [-0.2, -0.15) is 0 Å². The van der Waals surface area contributed by atoms with Gasteiger partial charge in [-0.3, -0.25) is 4.79 Å². The Morgan fingerprint density at radius 3 is 1.61 bits per heavy atom. The summed E-state index contributed by atoms with van der Waals surface area (Å²) in [5.41, 5.74) is 0. The van der Waals surface area contributed by atoms with Crippen molar-refractivity contribution in [1.29, 1.82) is 0 Å². The van der Waals surface area contributed by atoms with Crippen molar-refractivity contribution in [3.8, 4) is 0 Å². The lowest BCUT2D eigenvalue weighted by molar-refractivity contribution is -0.302. The second-order valence-electron chi connectivity index (χ2n) is 15.1. The van der Waals surface area contributed by atoms with Crippen LogP contribution in [0.2, 0.25) is 0 Å². The van der Waals surface area contributed by atoms with Crippen LogP contribution < -0.4 is 5.32 Å². The smallest absolute Gasteiger partial charge is 0.220 e. The summed E-state index contributed by atoms with van der Waals surface area (Å²) in [6.45, 7) is 3.59. The molecule has 1 saturated heterocycles. The molecule has 0 bridgehead atoms. The molecule has 7 atom stereocenters. The number of carbonyl (C=O) groups is 1. The number of unbranched alkanes of at least 4 members (excludes halogenated alkanes) is 13. The summed E-state index contributed by atoms with van der Waals surface area (Å²) in [7, 11) is 0. The maximum absolute atomic E-state index is 12.9. The molecular formula is C48H81NO8. The fraction of sp³-hybridized carbons (Fsp3) is 0.688. The van der Waals surface area contributed by atoms with Crippen LogP contribution in [0, 0.1) is 0 Å². The zero-order chi connectivity index (χ0) is 41.6. The van der Waals surface area contributed by atoms with E-state index in [4.69, 9.17) is 9.47 Å². The Morgan fingerprint density at radius 1 is 0.614 bits per heavy atom. The highest BCUT2D eigenvalue weighted by molar-refractivity contribution is 5.76. The predicted molar refractivity (Wildman–Crippen MR) is 235 cm³/mol. The molecule has 1 amide bonds. The summed E-state index contributed by atoms with van der Waals surface area (Å²) in [5.74, 6) is -0.199. The van der Waals surface area contributed by atoms with Crippen LogP contribution in [0.15, 0.2) is 85.1 Å². The number of allylic oxidation sites excluding steroid dienone is 13. The number of aliphatic hydroxyl groups excluding tert-OH is 5. The molecule has 0 saturated carbocycles. The minimum Gasteiger partial charge on any atom is -0.394 e. The summed E-state index contributed by atoms with van der Waals surface area (Å²) < 4.78 is 11.2. The number of carbonyl (C=O) groups excluding carboxylic acids is 1. The minimum atomic E-state index is -1.57. The van der Waals surface area contributed by atoms with Gasteiger partial charge in [0.1, 0.15) is 24.4 Å². The number of rotatable bonds is 35. The summed E-state index contributed by atoms with van der Waals surface area (Å²) in [6.07, 6.45) is 44.9. The molecular weight excluding hydrogens is 719 g/mol. The maximum Gasteiger partial charge on any atom is 0.220 e. The molecule has 326 valence electrons. The van der Waals surface area contributed by atoms with E-state index in [1.807, 2.05) is 6.08 Å². The number of nitrogens with one attached hydrogen (secondary N) is 1. The maximum atomic E-state index is 12.9. The van der Waals surface area contributed by atoms with Crippen LogP contribution in [-0.4, -0.2) is 87.5 Å². The Balaban J connectivity index is 2.30. The number of amides is 1. The van der Waals surface area contributed by atoms with E-state index in [1.54, 1.807) is 6.08 Å². The van der Waals surface area contributed by atoms with Crippen molar-refractivity contribution in [2.24, 2.45) is 0 Å². The summed E-state index contributed by atoms with van der Waals surface area (Å²) >= 11 is 0. The predicted octanol–water partition coefficient (Wildman–Crippen LogP) is 9.16. The van der Waals surface area contributed by atoms with Crippen LogP contribution in [0.5, 0.6) is 0 Å². The molecule has 0 aliphatic carbocycles. The van der Waals surface area contributed by atoms with E-state index in [0.29, 0.717) is 6.42 Å². The third kappa shape index (κ3) is 28.4. The van der Waals surface area contributed by atoms with Crippen molar-refractivity contribution < 1.29 is 39.8 Å². The standard InChI is InChI=1S/C48H81NO8/c1-3-5-7-9-11-13-14-15-16-17-18-19-20-21-22-23-24-25-26-27-28-30-32-34-36-38-44(52)49-41(42(51)37-35-33-31-29-12-10-8-6-4-2)40-56-48-47(55)46(54)45(53)43(39-50)57-48/h5,7,11,13,15-16,18-19,21-22,24-25,35,37,41-43,45-48,50-51,53-55H,3-4,6,8-10,12,14,17,20,23,26-34,36,38-40H2,1-2H3,(H,49,52)/b7-5-,13-11-,16-15-,19-18-,22-21-,25-24-,37-35+. The largest absolute Gasteiger partial charge is 0.394 e. The molecule has 1 heterocycles. The SMILES string of the molecule is CC/C=C\C/C=C\C/C=C\C/C=C\C/C=C\C/C=C\CCCCCCCCC(=O)NC(COC1OC(CO)C(O)C(O)C1O)C(O)/C=C/CCCCCCCCC. The van der Waals surface area contributed by atoms with Gasteiger partial charge >= 0.3 is 0 Å². The molecule has 9 nitrogen and oxygen atoms in total. The summed E-state index contributed by atoms with van der Waals surface area (Å²) in [5, 5.41) is 54.0. The zero-order valence-electron chi connectivity index (χ0n) is 35.6. The van der Waals surface area contributed by atoms with E-state index in [-0.39, 0.29) is 12.5 Å². The fourth-order valence-corrected chi connectivity index (χ4v) is 6.39. The Hall–Kier alpha value is -2.63. The highest BCUT2D eigenvalue weighted by Crippen LogP contribution is 2.22. The molecule has 0 aromatic heterocycles. The third-order valence-electron chi connectivity index (χ3n) is 9.98. The van der Waals surface area contributed by atoms with Gasteiger partial charge in [0.25, 0.3) is 0 Å². The van der Waals surface area contributed by atoms with Gasteiger partial charge in [0.15, 0.2) is 6.29 Å². The Bertz CT molecular complexity index is 1160. The van der Waals surface area contributed by atoms with Gasteiger partial charge in [-0.1, -0.05) is 163 Å². The molecule has 6 N–H and O–H groups in total. The average molecular weight is 800 g/mol. The van der Waals surface area contributed by atoms with Crippen molar-refractivity contribution >= 4 is 5.91 Å². The molecule has 0 radical (unpaired) electrons. The summed E-state index contributed by atoms with van der Waals surface area (Å²) in [6, 6.07) is -0.816. The lowest BCUT2D eigenvalue weighted by Gasteiger charge is -2.40. The molecule has 1 fully saturated rings. The number of aliphatic hydroxyl groups is 5. The topological polar surface area (TPSA) is 149 Å². The molecule has 7 unspecified atom stereocenters. The van der Waals surface area contributed by atoms with Gasteiger partial charge in [-0.25, -0.2) is 0 Å². The molecule has 0 aromatic rings. The second kappa shape index (κ2) is 37.6. The van der Waals surface area contributed by atoms with Crippen molar-refractivity contribution in [3.63, 3.8) is 0 Å². The Morgan fingerprint density at radius 2 is 1.09 bits per heavy atom. The van der Waals surface area contributed by atoms with Crippen molar-refractivity contribution in [3.05, 3.63) is 85.1 Å². The van der Waals surface area contributed by atoms with Crippen molar-refractivity contribution in [2.75, 3.05) is 13.2 Å². The van der Waals surface area contributed by atoms with E-state index in [9.17, 15) is 30.3 Å². The van der Waals surface area contributed by atoms with E-state index < -0.39 is 49.5 Å². The van der Waals surface area contributed by atoms with Crippen LogP contribution in [-0.2, 0) is 14.3 Å². The van der Waals surface area contributed by atoms with Crippen LogP contribution in [0.3, 0.4) is 0 Å². The normalized spacial score (nSPS) is 21.8. The molecule has 0 aromatic carbocycles. The van der Waals surface area contributed by atoms with Crippen molar-refractivity contribution in [2.45, 2.75) is 198 Å². The Kier molecular flexibility index (Phi) is 34.6. The minimum absolute atomic E-state index is 0.199. The number of hydrogen-bond donors (Lipinski definition) is 6. The Labute approximate surface area is 346 Å². The van der Waals surface area contributed by atoms with E-state index in [1.165, 1.54) is 32.1 Å². The quantitative estimate of drug-likeness (QED) is 0.0275. The van der Waals surface area contributed by atoms with Gasteiger partial charge in [0, 0.05) is 6.42 Å². The van der Waals surface area contributed by atoms with Gasteiger partial charge in [-0.05, 0) is 70.6 Å². The van der Waals surface area contributed by atoms with E-state index in [2.05, 4.69) is 92.1 Å². The van der Waals surface area contributed by atoms with Gasteiger partial charge in [0.2, 0.25) is 5.91 Å². The molecule has 1 aliphatic heterocycles. The van der Waals surface area contributed by atoms with Crippen LogP contribution in [0.4, 0.5) is 0 Å².